The van der Waals surface area contributed by atoms with Gasteiger partial charge in [-0.25, -0.2) is 0 Å². The third-order valence-electron chi connectivity index (χ3n) is 2.91. The lowest BCUT2D eigenvalue weighted by Gasteiger charge is -2.27. The molecule has 0 saturated heterocycles. The summed E-state index contributed by atoms with van der Waals surface area (Å²) in [5.74, 6) is 0.959. The van der Waals surface area contributed by atoms with E-state index in [2.05, 4.69) is 66.7 Å². The van der Waals surface area contributed by atoms with E-state index in [1.54, 1.807) is 0 Å². The topological polar surface area (TPSA) is 9.23 Å². The molecule has 1 aromatic carbocycles. The molecule has 1 aromatic rings. The van der Waals surface area contributed by atoms with Gasteiger partial charge in [0.2, 0.25) is 0 Å². The van der Waals surface area contributed by atoms with Gasteiger partial charge in [-0.2, -0.15) is 0 Å². The normalized spacial score (nSPS) is 12.6. The molecule has 0 aliphatic carbocycles. The van der Waals surface area contributed by atoms with E-state index in [9.17, 15) is 0 Å². The van der Waals surface area contributed by atoms with Crippen LogP contribution < -0.4 is 4.74 Å². The molecule has 0 N–H and O–H groups in total. The maximum atomic E-state index is 5.62. The Bertz CT molecular complexity index is 377. The molecule has 1 heteroatoms. The molecule has 0 spiro atoms. The van der Waals surface area contributed by atoms with Gasteiger partial charge in [-0.05, 0) is 34.9 Å². The predicted molar refractivity (Wildman–Crippen MR) is 74.7 cm³/mol. The summed E-state index contributed by atoms with van der Waals surface area (Å²) in [4.78, 5) is 0. The summed E-state index contributed by atoms with van der Waals surface area (Å²) in [6.07, 6.45) is 0. The first-order valence-corrected chi connectivity index (χ1v) is 6.23. The van der Waals surface area contributed by atoms with Crippen LogP contribution in [0.4, 0.5) is 0 Å². The lowest BCUT2D eigenvalue weighted by atomic mass is 9.80. The highest BCUT2D eigenvalue weighted by Gasteiger charge is 2.22. The van der Waals surface area contributed by atoms with E-state index in [1.807, 2.05) is 0 Å². The molecule has 17 heavy (non-hydrogen) atoms. The lowest BCUT2D eigenvalue weighted by molar-refractivity contribution is 0.348. The molecule has 0 amide bonds. The molecule has 95 valence electrons. The van der Waals surface area contributed by atoms with E-state index in [0.717, 1.165) is 5.75 Å². The van der Waals surface area contributed by atoms with Gasteiger partial charge < -0.3 is 4.74 Å². The van der Waals surface area contributed by atoms with Gasteiger partial charge in [0.05, 0.1) is 6.61 Å². The second kappa shape index (κ2) is 4.72. The monoisotopic (exact) mass is 233 g/mol. The van der Waals surface area contributed by atoms with Crippen molar-refractivity contribution >= 4 is 0 Å². The maximum Gasteiger partial charge on any atom is 0.123 e. The average molecular weight is 233 g/mol. The van der Waals surface area contributed by atoms with Crippen LogP contribution in [-0.2, 0) is 10.8 Å². The summed E-state index contributed by atoms with van der Waals surface area (Å²) >= 11 is 0. The summed E-state index contributed by atoms with van der Waals surface area (Å²) in [7, 11) is 0. The smallest absolute Gasteiger partial charge is 0.123 e. The number of rotatable bonds is 2. The Morgan fingerprint density at radius 1 is 1.00 bits per heavy atom. The zero-order valence-electron chi connectivity index (χ0n) is 12.1. The third kappa shape index (κ3) is 3.49. The van der Waals surface area contributed by atoms with Crippen molar-refractivity contribution < 1.29 is 4.74 Å². The highest BCUT2D eigenvalue weighted by Crippen LogP contribution is 2.35. The van der Waals surface area contributed by atoms with Crippen LogP contribution >= 0.6 is 0 Å². The largest absolute Gasteiger partial charge is 0.493 e. The molecule has 1 radical (unpaired) electrons. The SMILES string of the molecule is [CH2]COc1ccc(C(C)(C)C)cc1C(C)(C)C. The Morgan fingerprint density at radius 3 is 2.00 bits per heavy atom. The summed E-state index contributed by atoms with van der Waals surface area (Å²) < 4.78 is 5.62. The van der Waals surface area contributed by atoms with E-state index in [0.29, 0.717) is 6.61 Å². The summed E-state index contributed by atoms with van der Waals surface area (Å²) in [5, 5.41) is 0. The highest BCUT2D eigenvalue weighted by molar-refractivity contribution is 5.43. The van der Waals surface area contributed by atoms with E-state index in [-0.39, 0.29) is 10.8 Å². The fraction of sp³-hybridized carbons (Fsp3) is 0.562. The standard InChI is InChI=1S/C16H25O/c1-8-17-14-10-9-12(15(2,3)4)11-13(14)16(5,6)7/h9-11H,1,8H2,2-7H3. The van der Waals surface area contributed by atoms with Gasteiger partial charge in [0.15, 0.2) is 0 Å². The molecule has 0 saturated carbocycles. The van der Waals surface area contributed by atoms with E-state index in [4.69, 9.17) is 4.74 Å². The Balaban J connectivity index is 3.30. The number of hydrogen-bond donors (Lipinski definition) is 0. The van der Waals surface area contributed by atoms with Crippen LogP contribution in [0.25, 0.3) is 0 Å². The first-order chi connectivity index (χ1) is 7.66. The predicted octanol–water partition coefficient (Wildman–Crippen LogP) is 4.49. The molecule has 0 aliphatic rings. The van der Waals surface area contributed by atoms with Crippen LogP contribution in [0.2, 0.25) is 0 Å². The Labute approximate surface area is 106 Å². The van der Waals surface area contributed by atoms with Crippen molar-refractivity contribution in [1.82, 2.24) is 0 Å². The van der Waals surface area contributed by atoms with Gasteiger partial charge in [-0.1, -0.05) is 53.7 Å². The number of ether oxygens (including phenoxy) is 1. The van der Waals surface area contributed by atoms with Gasteiger partial charge in [0.25, 0.3) is 0 Å². The Kier molecular flexibility index (Phi) is 3.91. The maximum absolute atomic E-state index is 5.62. The van der Waals surface area contributed by atoms with Crippen molar-refractivity contribution in [2.75, 3.05) is 6.61 Å². The lowest BCUT2D eigenvalue weighted by Crippen LogP contribution is -2.17. The van der Waals surface area contributed by atoms with Crippen LogP contribution in [0.3, 0.4) is 0 Å². The van der Waals surface area contributed by atoms with Crippen LogP contribution in [0, 0.1) is 6.92 Å². The first-order valence-electron chi connectivity index (χ1n) is 6.23. The number of hydrogen-bond acceptors (Lipinski definition) is 1. The summed E-state index contributed by atoms with van der Waals surface area (Å²) in [6.45, 7) is 17.6. The molecule has 0 heterocycles. The molecule has 0 atom stereocenters. The minimum atomic E-state index is 0.0891. The summed E-state index contributed by atoms with van der Waals surface area (Å²) in [6, 6.07) is 6.50. The van der Waals surface area contributed by atoms with Crippen LogP contribution in [0.1, 0.15) is 52.7 Å². The number of benzene rings is 1. The molecule has 1 nitrogen and oxygen atoms in total. The van der Waals surface area contributed by atoms with Crippen molar-refractivity contribution in [1.29, 1.82) is 0 Å². The van der Waals surface area contributed by atoms with Gasteiger partial charge in [0.1, 0.15) is 5.75 Å². The minimum absolute atomic E-state index is 0.0891. The van der Waals surface area contributed by atoms with Gasteiger partial charge >= 0.3 is 0 Å². The van der Waals surface area contributed by atoms with Crippen LogP contribution in [-0.4, -0.2) is 6.61 Å². The second-order valence-corrected chi connectivity index (χ2v) is 6.56. The molecule has 0 unspecified atom stereocenters. The van der Waals surface area contributed by atoms with Crippen molar-refractivity contribution in [3.05, 3.63) is 36.2 Å². The molecular weight excluding hydrogens is 208 g/mol. The van der Waals surface area contributed by atoms with Gasteiger partial charge in [-0.3, -0.25) is 0 Å². The fourth-order valence-electron chi connectivity index (χ4n) is 1.82. The molecule has 0 aromatic heterocycles. The van der Waals surface area contributed by atoms with Crippen LogP contribution in [0.5, 0.6) is 5.75 Å². The molecule has 0 bridgehead atoms. The van der Waals surface area contributed by atoms with Crippen LogP contribution in [0.15, 0.2) is 18.2 Å². The van der Waals surface area contributed by atoms with Crippen molar-refractivity contribution in [3.8, 4) is 5.75 Å². The second-order valence-electron chi connectivity index (χ2n) is 6.56. The van der Waals surface area contributed by atoms with E-state index >= 15 is 0 Å². The van der Waals surface area contributed by atoms with Gasteiger partial charge in [-0.15, -0.1) is 0 Å². The molecule has 0 fully saturated rings. The van der Waals surface area contributed by atoms with Crippen molar-refractivity contribution in [2.45, 2.75) is 52.4 Å². The van der Waals surface area contributed by atoms with E-state index in [1.165, 1.54) is 11.1 Å². The van der Waals surface area contributed by atoms with Crippen molar-refractivity contribution in [3.63, 3.8) is 0 Å². The zero-order valence-corrected chi connectivity index (χ0v) is 12.1. The van der Waals surface area contributed by atoms with Gasteiger partial charge in [0, 0.05) is 0 Å². The van der Waals surface area contributed by atoms with Crippen molar-refractivity contribution in [2.24, 2.45) is 0 Å². The van der Waals surface area contributed by atoms with E-state index < -0.39 is 0 Å². The molecule has 0 aliphatic heterocycles. The Morgan fingerprint density at radius 2 is 1.59 bits per heavy atom. The Hall–Kier alpha value is -0.980. The quantitative estimate of drug-likeness (QED) is 0.731. The average Bonchev–Trinajstić information content (AvgIpc) is 2.15. The molecule has 1 rings (SSSR count). The third-order valence-corrected chi connectivity index (χ3v) is 2.91. The highest BCUT2D eigenvalue weighted by atomic mass is 16.5. The zero-order chi connectivity index (χ0) is 13.3. The fourth-order valence-corrected chi connectivity index (χ4v) is 1.82. The summed E-state index contributed by atoms with van der Waals surface area (Å²) in [5.41, 5.74) is 2.86. The first kappa shape index (κ1) is 14.1. The minimum Gasteiger partial charge on any atom is -0.493 e. The molecular formula is C16H25O.